The molecule has 1 saturated heterocycles. The minimum Gasteiger partial charge on any atom is -0.485 e. The highest BCUT2D eigenvalue weighted by Gasteiger charge is 2.49. The molecule has 0 radical (unpaired) electrons. The van der Waals surface area contributed by atoms with Gasteiger partial charge >= 0.3 is 0 Å². The second-order valence-corrected chi connectivity index (χ2v) is 9.20. The van der Waals surface area contributed by atoms with Gasteiger partial charge in [-0.1, -0.05) is 32.1 Å². The van der Waals surface area contributed by atoms with Crippen LogP contribution in [0.1, 0.15) is 88.8 Å². The number of fused-ring (bicyclic) bond motifs is 1. The van der Waals surface area contributed by atoms with Crippen molar-refractivity contribution in [3.8, 4) is 11.8 Å². The Morgan fingerprint density at radius 1 is 1.19 bits per heavy atom. The first-order valence-corrected chi connectivity index (χ1v) is 11.7. The van der Waals surface area contributed by atoms with Crippen molar-refractivity contribution in [2.45, 2.75) is 89.4 Å². The molecule has 1 N–H and O–H groups in total. The summed E-state index contributed by atoms with van der Waals surface area (Å²) in [6.07, 6.45) is 8.72. The molecule has 1 aromatic carbocycles. The molecular weight excluding hydrogens is 392 g/mol. The summed E-state index contributed by atoms with van der Waals surface area (Å²) >= 11 is 0. The lowest BCUT2D eigenvalue weighted by Crippen LogP contribution is -2.55. The third-order valence-corrected chi connectivity index (χ3v) is 6.35. The zero-order valence-corrected chi connectivity index (χ0v) is 18.9. The SMILES string of the molecule is CC1(C)Oc2ccc(C#N)cc2[C@@H](N2CCCC2=O)[C@@H]1OCCCCCCCCCO. The molecule has 31 heavy (non-hydrogen) atoms. The third kappa shape index (κ3) is 5.78. The number of aliphatic hydroxyl groups excluding tert-OH is 1. The minimum atomic E-state index is -0.584. The van der Waals surface area contributed by atoms with Gasteiger partial charge in [0, 0.05) is 31.7 Å². The van der Waals surface area contributed by atoms with E-state index in [-0.39, 0.29) is 24.7 Å². The molecule has 0 aliphatic carbocycles. The Bertz CT molecular complexity index is 786. The van der Waals surface area contributed by atoms with Crippen molar-refractivity contribution in [1.82, 2.24) is 4.90 Å². The van der Waals surface area contributed by atoms with Gasteiger partial charge in [0.2, 0.25) is 5.91 Å². The van der Waals surface area contributed by atoms with E-state index in [1.807, 2.05) is 30.9 Å². The van der Waals surface area contributed by atoms with Crippen LogP contribution in [0.15, 0.2) is 18.2 Å². The van der Waals surface area contributed by atoms with Gasteiger partial charge in [-0.05, 0) is 51.3 Å². The summed E-state index contributed by atoms with van der Waals surface area (Å²) in [6, 6.07) is 7.43. The number of rotatable bonds is 11. The predicted octanol–water partition coefficient (Wildman–Crippen LogP) is 4.50. The van der Waals surface area contributed by atoms with Crippen molar-refractivity contribution < 1.29 is 19.4 Å². The molecule has 0 saturated carbocycles. The number of nitriles is 1. The number of carbonyl (C=O) groups is 1. The monoisotopic (exact) mass is 428 g/mol. The van der Waals surface area contributed by atoms with E-state index in [2.05, 4.69) is 6.07 Å². The Morgan fingerprint density at radius 3 is 2.55 bits per heavy atom. The largest absolute Gasteiger partial charge is 0.485 e. The van der Waals surface area contributed by atoms with E-state index in [4.69, 9.17) is 14.6 Å². The lowest BCUT2D eigenvalue weighted by atomic mass is 9.84. The molecule has 1 aromatic rings. The van der Waals surface area contributed by atoms with Gasteiger partial charge < -0.3 is 19.5 Å². The van der Waals surface area contributed by atoms with Crippen molar-refractivity contribution in [3.63, 3.8) is 0 Å². The Kier molecular flexibility index (Phi) is 8.34. The lowest BCUT2D eigenvalue weighted by molar-refractivity contribution is -0.148. The number of hydrogen-bond donors (Lipinski definition) is 1. The first-order chi connectivity index (χ1) is 15.0. The van der Waals surface area contributed by atoms with Gasteiger partial charge in [-0.3, -0.25) is 4.79 Å². The Labute approximate surface area is 186 Å². The topological polar surface area (TPSA) is 82.8 Å². The van der Waals surface area contributed by atoms with E-state index in [1.165, 1.54) is 19.3 Å². The summed E-state index contributed by atoms with van der Waals surface area (Å²) in [5, 5.41) is 18.2. The van der Waals surface area contributed by atoms with Crippen LogP contribution in [0.25, 0.3) is 0 Å². The van der Waals surface area contributed by atoms with Crippen LogP contribution < -0.4 is 4.74 Å². The average molecular weight is 429 g/mol. The summed E-state index contributed by atoms with van der Waals surface area (Å²) in [4.78, 5) is 14.6. The van der Waals surface area contributed by atoms with Crippen LogP contribution in [0.5, 0.6) is 5.75 Å². The number of benzene rings is 1. The quantitative estimate of drug-likeness (QED) is 0.525. The first kappa shape index (κ1) is 23.6. The number of nitrogens with zero attached hydrogens (tertiary/aromatic N) is 2. The number of amides is 1. The summed E-state index contributed by atoms with van der Waals surface area (Å²) in [7, 11) is 0. The Balaban J connectivity index is 1.68. The van der Waals surface area contributed by atoms with E-state index in [0.29, 0.717) is 25.1 Å². The van der Waals surface area contributed by atoms with Crippen LogP contribution >= 0.6 is 0 Å². The van der Waals surface area contributed by atoms with Gasteiger partial charge in [-0.2, -0.15) is 5.26 Å². The van der Waals surface area contributed by atoms with Gasteiger partial charge in [-0.15, -0.1) is 0 Å². The normalized spacial score (nSPS) is 22.1. The number of carbonyl (C=O) groups excluding carboxylic acids is 1. The first-order valence-electron chi connectivity index (χ1n) is 11.7. The number of aliphatic hydroxyl groups is 1. The second-order valence-electron chi connectivity index (χ2n) is 9.20. The molecule has 6 heteroatoms. The fourth-order valence-electron chi connectivity index (χ4n) is 4.72. The highest BCUT2D eigenvalue weighted by molar-refractivity contribution is 5.79. The molecule has 2 atom stereocenters. The fourth-order valence-corrected chi connectivity index (χ4v) is 4.72. The lowest BCUT2D eigenvalue weighted by Gasteiger charge is -2.47. The second kappa shape index (κ2) is 11.0. The highest BCUT2D eigenvalue weighted by atomic mass is 16.6. The molecule has 2 aliphatic rings. The number of unbranched alkanes of at least 4 members (excludes halogenated alkanes) is 6. The number of hydrogen-bond acceptors (Lipinski definition) is 5. The van der Waals surface area contributed by atoms with Crippen molar-refractivity contribution in [3.05, 3.63) is 29.3 Å². The molecule has 170 valence electrons. The molecule has 1 amide bonds. The molecular formula is C25H36N2O4. The van der Waals surface area contributed by atoms with Gasteiger partial charge in [0.05, 0.1) is 17.7 Å². The van der Waals surface area contributed by atoms with Crippen LogP contribution in [0.2, 0.25) is 0 Å². The van der Waals surface area contributed by atoms with E-state index in [0.717, 1.165) is 43.4 Å². The molecule has 1 fully saturated rings. The smallest absolute Gasteiger partial charge is 0.223 e. The summed E-state index contributed by atoms with van der Waals surface area (Å²) < 4.78 is 12.7. The summed E-state index contributed by atoms with van der Waals surface area (Å²) in [5.41, 5.74) is 0.861. The third-order valence-electron chi connectivity index (χ3n) is 6.35. The van der Waals surface area contributed by atoms with E-state index in [1.54, 1.807) is 6.07 Å². The maximum Gasteiger partial charge on any atom is 0.223 e. The van der Waals surface area contributed by atoms with E-state index < -0.39 is 5.60 Å². The fraction of sp³-hybridized carbons (Fsp3) is 0.680. The van der Waals surface area contributed by atoms with Crippen molar-refractivity contribution >= 4 is 5.91 Å². The molecule has 0 bridgehead atoms. The van der Waals surface area contributed by atoms with E-state index >= 15 is 0 Å². The maximum atomic E-state index is 12.7. The molecule has 6 nitrogen and oxygen atoms in total. The zero-order valence-electron chi connectivity index (χ0n) is 18.9. The average Bonchev–Trinajstić information content (AvgIpc) is 3.17. The van der Waals surface area contributed by atoms with Crippen LogP contribution in [-0.4, -0.2) is 47.4 Å². The Hall–Kier alpha value is -2.10. The van der Waals surface area contributed by atoms with Gasteiger partial charge in [0.1, 0.15) is 17.5 Å². The van der Waals surface area contributed by atoms with Crippen LogP contribution in [-0.2, 0) is 9.53 Å². The van der Waals surface area contributed by atoms with E-state index in [9.17, 15) is 10.1 Å². The minimum absolute atomic E-state index is 0.146. The van der Waals surface area contributed by atoms with Gasteiger partial charge in [-0.25, -0.2) is 0 Å². The highest BCUT2D eigenvalue weighted by Crippen LogP contribution is 2.45. The molecule has 2 heterocycles. The molecule has 3 rings (SSSR count). The molecule has 0 aromatic heterocycles. The van der Waals surface area contributed by atoms with Crippen LogP contribution in [0.3, 0.4) is 0 Å². The summed E-state index contributed by atoms with van der Waals surface area (Å²) in [6.45, 7) is 5.66. The van der Waals surface area contributed by atoms with Crippen molar-refractivity contribution in [2.75, 3.05) is 19.8 Å². The number of ether oxygens (including phenoxy) is 2. The maximum absolute atomic E-state index is 12.7. The Morgan fingerprint density at radius 2 is 1.90 bits per heavy atom. The predicted molar refractivity (Wildman–Crippen MR) is 119 cm³/mol. The van der Waals surface area contributed by atoms with Crippen LogP contribution in [0.4, 0.5) is 0 Å². The molecule has 2 aliphatic heterocycles. The summed E-state index contributed by atoms with van der Waals surface area (Å²) in [5.74, 6) is 0.879. The molecule has 0 unspecified atom stereocenters. The van der Waals surface area contributed by atoms with Gasteiger partial charge in [0.25, 0.3) is 0 Å². The van der Waals surface area contributed by atoms with Crippen molar-refractivity contribution in [1.29, 1.82) is 5.26 Å². The molecule has 0 spiro atoms. The van der Waals surface area contributed by atoms with Crippen LogP contribution in [0, 0.1) is 11.3 Å². The van der Waals surface area contributed by atoms with Gasteiger partial charge in [0.15, 0.2) is 0 Å². The standard InChI is InChI=1S/C25H36N2O4/c1-25(2)24(30-16-9-7-5-3-4-6-8-15-28)23(27-14-10-11-22(27)29)20-17-19(18-26)12-13-21(20)31-25/h12-13,17,23-24,28H,3-11,14-16H2,1-2H3/t23-,24+/m1/s1. The number of likely N-dealkylation sites (tertiary alicyclic amines) is 1. The van der Waals surface area contributed by atoms with Crippen molar-refractivity contribution in [2.24, 2.45) is 0 Å². The zero-order chi connectivity index (χ0) is 22.3.